The summed E-state index contributed by atoms with van der Waals surface area (Å²) in [5.74, 6) is -2.73. The predicted octanol–water partition coefficient (Wildman–Crippen LogP) is 2.66. The van der Waals surface area contributed by atoms with Crippen molar-refractivity contribution < 1.29 is 81.7 Å². The van der Waals surface area contributed by atoms with E-state index in [1.807, 2.05) is 16.4 Å². The largest absolute Gasteiger partial charge is 0.748 e. The number of methoxy groups -OCH3 is 2. The molecule has 1 fully saturated rings. The molecule has 2 atom stereocenters. The molecule has 0 bridgehead atoms. The van der Waals surface area contributed by atoms with Gasteiger partial charge in [-0.1, -0.05) is 18.2 Å². The lowest BCUT2D eigenvalue weighted by atomic mass is 9.76. The molecule has 5 rings (SSSR count). The fourth-order valence-electron chi connectivity index (χ4n) is 8.27. The smallest absolute Gasteiger partial charge is 0.335 e. The van der Waals surface area contributed by atoms with Crippen LogP contribution >= 0.6 is 0 Å². The van der Waals surface area contributed by atoms with Crippen molar-refractivity contribution in [3.05, 3.63) is 83.6 Å². The summed E-state index contributed by atoms with van der Waals surface area (Å²) in [5, 5.41) is 0.451. The number of benzene rings is 2. The second-order valence-electron chi connectivity index (χ2n) is 16.0. The number of carbonyl (C=O) groups is 3. The number of imide groups is 1. The first-order chi connectivity index (χ1) is 31.0. The molecule has 0 aliphatic carbocycles. The highest BCUT2D eigenvalue weighted by Gasteiger charge is 2.48. The molecule has 0 saturated carbocycles. The van der Waals surface area contributed by atoms with Crippen LogP contribution in [0.15, 0.2) is 82.3 Å². The molecular weight excluding hydrogens is 927 g/mol. The molecular formula is C43H53N3O17S3-2. The second-order valence-corrected chi connectivity index (χ2v) is 20.3. The molecule has 2 aromatic carbocycles. The topological polar surface area (TPSA) is 278 Å². The van der Waals surface area contributed by atoms with E-state index < -0.39 is 74.5 Å². The molecule has 1 saturated heterocycles. The maximum absolute atomic E-state index is 12.4. The monoisotopic (exact) mass is 979 g/mol. The quantitative estimate of drug-likeness (QED) is 0.0454. The Labute approximate surface area is 384 Å². The number of rotatable bonds is 25. The number of amides is 2. The Balaban J connectivity index is 1.48. The molecule has 23 heteroatoms. The highest BCUT2D eigenvalue weighted by molar-refractivity contribution is 7.86. The van der Waals surface area contributed by atoms with Gasteiger partial charge in [0.25, 0.3) is 11.8 Å². The van der Waals surface area contributed by atoms with E-state index in [-0.39, 0.29) is 78.2 Å². The summed E-state index contributed by atoms with van der Waals surface area (Å²) in [6, 6.07) is 8.06. The third kappa shape index (κ3) is 12.6. The Kier molecular flexibility index (Phi) is 17.4. The zero-order valence-corrected chi connectivity index (χ0v) is 39.4. The lowest BCUT2D eigenvalue weighted by Crippen LogP contribution is -2.33. The van der Waals surface area contributed by atoms with Crippen LogP contribution in [0.2, 0.25) is 0 Å². The van der Waals surface area contributed by atoms with E-state index >= 15 is 0 Å². The lowest BCUT2D eigenvalue weighted by Gasteiger charge is -2.30. The van der Waals surface area contributed by atoms with Crippen LogP contribution in [0, 0.1) is 0 Å². The number of anilines is 1. The maximum Gasteiger partial charge on any atom is 0.335 e. The summed E-state index contributed by atoms with van der Waals surface area (Å²) in [6.45, 7) is 5.08. The Morgan fingerprint density at radius 2 is 1.39 bits per heavy atom. The molecule has 2 amide bonds. The zero-order valence-electron chi connectivity index (χ0n) is 37.0. The summed E-state index contributed by atoms with van der Waals surface area (Å²) in [6.07, 6.45) is 8.69. The molecule has 66 heavy (non-hydrogen) atoms. The summed E-state index contributed by atoms with van der Waals surface area (Å²) >= 11 is 0. The van der Waals surface area contributed by atoms with Gasteiger partial charge in [0, 0.05) is 80.5 Å². The first-order valence-corrected chi connectivity index (χ1v) is 25.3. The van der Waals surface area contributed by atoms with Crippen LogP contribution in [-0.2, 0) is 79.4 Å². The van der Waals surface area contributed by atoms with Crippen LogP contribution in [0.1, 0.15) is 63.5 Å². The Bertz CT molecular complexity index is 2610. The van der Waals surface area contributed by atoms with Crippen LogP contribution in [-0.4, -0.2) is 145 Å². The Morgan fingerprint density at radius 1 is 0.758 bits per heavy atom. The van der Waals surface area contributed by atoms with Gasteiger partial charge >= 0.3 is 5.97 Å². The van der Waals surface area contributed by atoms with Crippen molar-refractivity contribution in [3.63, 3.8) is 0 Å². The number of allylic oxidation sites excluding steroid dienone is 6. The van der Waals surface area contributed by atoms with Crippen LogP contribution in [0.3, 0.4) is 0 Å². The van der Waals surface area contributed by atoms with Crippen LogP contribution in [0.4, 0.5) is 11.4 Å². The number of carbonyl (C=O) groups excluding carboxylic acids is 3. The highest BCUT2D eigenvalue weighted by atomic mass is 32.2. The van der Waals surface area contributed by atoms with E-state index in [4.69, 9.17) is 23.8 Å². The highest BCUT2D eigenvalue weighted by Crippen LogP contribution is 2.51. The van der Waals surface area contributed by atoms with Crippen LogP contribution < -0.4 is 4.90 Å². The van der Waals surface area contributed by atoms with Crippen molar-refractivity contribution in [1.82, 2.24) is 5.06 Å². The normalized spacial score (nSPS) is 20.7. The molecule has 2 aromatic rings. The number of hydrogen-bond donors (Lipinski definition) is 0. The number of fused-ring (bicyclic) bond motifs is 2. The SMILES string of the molecule is COCCOCC[N+]1=C(/C=C/C=C/C=C2/N(CCOCCC(=O)ON3C(=O)CCC3=O)c3ccc(S(=O)(=O)[O-])cc3C2(C)CCOC)C(C)(CCCS(=O)(=O)[O-])c2cc(S(=O)(=O)[O-])ccc21. The van der Waals surface area contributed by atoms with Gasteiger partial charge in [-0.2, -0.15) is 4.58 Å². The van der Waals surface area contributed by atoms with Crippen molar-refractivity contribution in [2.45, 2.75) is 73.0 Å². The lowest BCUT2D eigenvalue weighted by molar-refractivity contribution is -0.442. The summed E-state index contributed by atoms with van der Waals surface area (Å²) in [5.41, 5.74) is 1.38. The third-order valence-corrected chi connectivity index (χ3v) is 14.1. The Hall–Kier alpha value is -4.69. The first kappa shape index (κ1) is 52.3. The van der Waals surface area contributed by atoms with Crippen molar-refractivity contribution in [2.75, 3.05) is 77.6 Å². The molecule has 2 unspecified atom stereocenters. The molecule has 0 spiro atoms. The first-order valence-electron chi connectivity index (χ1n) is 20.9. The van der Waals surface area contributed by atoms with E-state index in [0.717, 1.165) is 0 Å². The number of hydroxylamine groups is 2. The molecule has 3 aliphatic rings. The number of nitrogens with zero attached hydrogens (tertiary/aromatic N) is 3. The Morgan fingerprint density at radius 3 is 2.03 bits per heavy atom. The molecule has 3 heterocycles. The van der Waals surface area contributed by atoms with Gasteiger partial charge in [-0.15, -0.1) is 5.06 Å². The summed E-state index contributed by atoms with van der Waals surface area (Å²) in [7, 11) is -11.3. The van der Waals surface area contributed by atoms with Gasteiger partial charge in [0.15, 0.2) is 12.3 Å². The van der Waals surface area contributed by atoms with Gasteiger partial charge in [-0.05, 0) is 75.1 Å². The van der Waals surface area contributed by atoms with E-state index in [9.17, 15) is 53.3 Å². The van der Waals surface area contributed by atoms with E-state index in [1.165, 1.54) is 50.6 Å². The zero-order chi connectivity index (χ0) is 48.5. The molecule has 362 valence electrons. The fraction of sp³-hybridized carbons (Fsp3) is 0.488. The van der Waals surface area contributed by atoms with Gasteiger partial charge in [-0.25, -0.2) is 30.0 Å². The van der Waals surface area contributed by atoms with Crippen molar-refractivity contribution in [1.29, 1.82) is 0 Å². The van der Waals surface area contributed by atoms with Gasteiger partial charge < -0.3 is 42.3 Å². The van der Waals surface area contributed by atoms with Crippen molar-refractivity contribution in [2.24, 2.45) is 0 Å². The third-order valence-electron chi connectivity index (χ3n) is 11.6. The van der Waals surface area contributed by atoms with Crippen molar-refractivity contribution in [3.8, 4) is 0 Å². The van der Waals surface area contributed by atoms with E-state index in [2.05, 4.69) is 0 Å². The maximum atomic E-state index is 12.4. The van der Waals surface area contributed by atoms with Crippen LogP contribution in [0.25, 0.3) is 0 Å². The van der Waals surface area contributed by atoms with Gasteiger partial charge in [0.1, 0.15) is 26.8 Å². The summed E-state index contributed by atoms with van der Waals surface area (Å²) < 4.78 is 132. The number of ether oxygens (including phenoxy) is 4. The average Bonchev–Trinajstić information content (AvgIpc) is 3.77. The molecule has 20 nitrogen and oxygen atoms in total. The molecule has 0 radical (unpaired) electrons. The minimum Gasteiger partial charge on any atom is -0.748 e. The number of hydrogen-bond acceptors (Lipinski definition) is 18. The average molecular weight is 980 g/mol. The second kappa shape index (κ2) is 22.0. The predicted molar refractivity (Wildman–Crippen MR) is 233 cm³/mol. The van der Waals surface area contributed by atoms with E-state index in [1.54, 1.807) is 37.3 Å². The minimum atomic E-state index is -4.89. The standard InChI is InChI=1S/C43H55N3O17S3/c1-42(18-8-28-64(50,51)52)33-29-31(65(53,54)55)11-13-35(33)44(21-25-62-27-26-60-4)37(42)9-6-5-7-10-38-43(2,19-23-59-3)34-30-32(66(56,57)58)12-14-36(34)45(38)20-24-61-22-17-41(49)63-46-39(47)15-16-40(46)48/h5-7,9-14,29-30H,8,15-28H2,1-4H3,(H2-,50,51,52,53,54,55,56,57,58)/p-2. The molecule has 0 aromatic heterocycles. The van der Waals surface area contributed by atoms with Crippen LogP contribution in [0.5, 0.6) is 0 Å². The van der Waals surface area contributed by atoms with E-state index in [0.29, 0.717) is 52.0 Å². The minimum absolute atomic E-state index is 0.0443. The molecule has 0 N–H and O–H groups in total. The molecule has 3 aliphatic heterocycles. The fourth-order valence-corrected chi connectivity index (χ4v) is 9.76. The van der Waals surface area contributed by atoms with Gasteiger partial charge in [0.2, 0.25) is 5.69 Å². The summed E-state index contributed by atoms with van der Waals surface area (Å²) in [4.78, 5) is 41.9. The van der Waals surface area contributed by atoms with Crippen molar-refractivity contribution >= 4 is 65.2 Å². The van der Waals surface area contributed by atoms with Gasteiger partial charge in [0.05, 0.1) is 58.2 Å². The van der Waals surface area contributed by atoms with Gasteiger partial charge in [-0.3, -0.25) is 9.59 Å².